The van der Waals surface area contributed by atoms with Gasteiger partial charge < -0.3 is 10.1 Å². The summed E-state index contributed by atoms with van der Waals surface area (Å²) in [5.41, 5.74) is 0.0726. The number of hydrogen-bond donors (Lipinski definition) is 1. The van der Waals surface area contributed by atoms with E-state index < -0.39 is 32.5 Å². The maximum absolute atomic E-state index is 13.4. The van der Waals surface area contributed by atoms with Crippen LogP contribution in [0, 0.1) is 0 Å². The number of anilines is 1. The van der Waals surface area contributed by atoms with Crippen molar-refractivity contribution in [2.75, 3.05) is 37.1 Å². The fourth-order valence-corrected chi connectivity index (χ4v) is 7.43. The van der Waals surface area contributed by atoms with Crippen molar-refractivity contribution >= 4 is 54.8 Å². The number of carbonyl (C=O) groups is 1. The SMILES string of the molecule is O=C(CN(c1cc(Cl)ccc1Cl)S(=O)(=O)c1ccccc1)NCCOc1ccc(S(=O)(=O)N2CCCC2)cc1. The lowest BCUT2D eigenvalue weighted by atomic mass is 10.3. The van der Waals surface area contributed by atoms with Crippen molar-refractivity contribution in [3.05, 3.63) is 82.8 Å². The van der Waals surface area contributed by atoms with Gasteiger partial charge in [0.15, 0.2) is 0 Å². The quantitative estimate of drug-likeness (QED) is 0.326. The first-order valence-corrected chi connectivity index (χ1v) is 15.8. The van der Waals surface area contributed by atoms with Crippen LogP contribution in [0.1, 0.15) is 12.8 Å². The first-order chi connectivity index (χ1) is 18.6. The topological polar surface area (TPSA) is 113 Å². The molecule has 39 heavy (non-hydrogen) atoms. The van der Waals surface area contributed by atoms with Crippen LogP contribution < -0.4 is 14.4 Å². The Kier molecular flexibility index (Phi) is 9.39. The van der Waals surface area contributed by atoms with Gasteiger partial charge in [-0.3, -0.25) is 9.10 Å². The zero-order chi connectivity index (χ0) is 28.0. The Bertz CT molecular complexity index is 1510. The molecule has 3 aromatic carbocycles. The van der Waals surface area contributed by atoms with Crippen molar-refractivity contribution in [2.45, 2.75) is 22.6 Å². The number of rotatable bonds is 11. The van der Waals surface area contributed by atoms with E-state index in [4.69, 9.17) is 27.9 Å². The summed E-state index contributed by atoms with van der Waals surface area (Å²) in [5, 5.41) is 3.01. The zero-order valence-corrected chi connectivity index (χ0v) is 23.9. The summed E-state index contributed by atoms with van der Waals surface area (Å²) in [6.07, 6.45) is 1.71. The van der Waals surface area contributed by atoms with E-state index in [2.05, 4.69) is 5.32 Å². The standard InChI is InChI=1S/C26H27Cl2N3O6S2/c27-20-8-13-24(28)25(18-20)31(39(35,36)22-6-2-1-3-7-22)19-26(32)29-14-17-37-21-9-11-23(12-10-21)38(33,34)30-15-4-5-16-30/h1-3,6-13,18H,4-5,14-17,19H2,(H,29,32). The molecule has 13 heteroatoms. The van der Waals surface area contributed by atoms with E-state index in [1.807, 2.05) is 0 Å². The van der Waals surface area contributed by atoms with Gasteiger partial charge in [0.1, 0.15) is 18.9 Å². The van der Waals surface area contributed by atoms with Gasteiger partial charge in [-0.15, -0.1) is 0 Å². The van der Waals surface area contributed by atoms with E-state index in [0.29, 0.717) is 18.8 Å². The molecule has 0 spiro atoms. The molecule has 1 heterocycles. The second kappa shape index (κ2) is 12.6. The van der Waals surface area contributed by atoms with Gasteiger partial charge in [0, 0.05) is 18.1 Å². The summed E-state index contributed by atoms with van der Waals surface area (Å²) < 4.78 is 60.1. The van der Waals surface area contributed by atoms with E-state index in [9.17, 15) is 21.6 Å². The molecular weight excluding hydrogens is 585 g/mol. The molecule has 0 aromatic heterocycles. The highest BCUT2D eigenvalue weighted by Gasteiger charge is 2.29. The smallest absolute Gasteiger partial charge is 0.264 e. The van der Waals surface area contributed by atoms with Crippen molar-refractivity contribution in [1.82, 2.24) is 9.62 Å². The van der Waals surface area contributed by atoms with Crippen LogP contribution in [0.15, 0.2) is 82.6 Å². The predicted octanol–water partition coefficient (Wildman–Crippen LogP) is 4.17. The average molecular weight is 613 g/mol. The minimum Gasteiger partial charge on any atom is -0.492 e. The van der Waals surface area contributed by atoms with Crippen molar-refractivity contribution in [2.24, 2.45) is 0 Å². The van der Waals surface area contributed by atoms with Gasteiger partial charge in [0.05, 0.1) is 27.0 Å². The third-order valence-electron chi connectivity index (χ3n) is 6.01. The second-order valence-corrected chi connectivity index (χ2v) is 13.3. The molecule has 0 radical (unpaired) electrons. The molecule has 0 unspecified atom stereocenters. The van der Waals surface area contributed by atoms with Crippen molar-refractivity contribution < 1.29 is 26.4 Å². The van der Waals surface area contributed by atoms with Crippen LogP contribution >= 0.6 is 23.2 Å². The lowest BCUT2D eigenvalue weighted by molar-refractivity contribution is -0.119. The lowest BCUT2D eigenvalue weighted by Crippen LogP contribution is -2.42. The van der Waals surface area contributed by atoms with Crippen LogP contribution in [0.3, 0.4) is 0 Å². The number of halogens is 2. The maximum atomic E-state index is 13.4. The van der Waals surface area contributed by atoms with Crippen LogP contribution in [-0.2, 0) is 24.8 Å². The first kappa shape index (κ1) is 29.2. The summed E-state index contributed by atoms with van der Waals surface area (Å²) in [6.45, 7) is 0.657. The lowest BCUT2D eigenvalue weighted by Gasteiger charge is -2.25. The molecular formula is C26H27Cl2N3O6S2. The molecule has 1 aliphatic rings. The summed E-state index contributed by atoms with van der Waals surface area (Å²) in [4.78, 5) is 13.0. The number of benzene rings is 3. The molecule has 1 N–H and O–H groups in total. The highest BCUT2D eigenvalue weighted by atomic mass is 35.5. The molecule has 4 rings (SSSR count). The number of ether oxygens (including phenoxy) is 1. The van der Waals surface area contributed by atoms with E-state index in [1.54, 1.807) is 30.3 Å². The van der Waals surface area contributed by atoms with Crippen LogP contribution in [0.2, 0.25) is 10.0 Å². The molecule has 0 bridgehead atoms. The minimum atomic E-state index is -4.14. The maximum Gasteiger partial charge on any atom is 0.264 e. The number of hydrogen-bond acceptors (Lipinski definition) is 6. The van der Waals surface area contributed by atoms with Crippen molar-refractivity contribution in [3.8, 4) is 5.75 Å². The third-order valence-corrected chi connectivity index (χ3v) is 10.3. The highest BCUT2D eigenvalue weighted by molar-refractivity contribution is 7.93. The molecule has 208 valence electrons. The van der Waals surface area contributed by atoms with Gasteiger partial charge >= 0.3 is 0 Å². The predicted molar refractivity (Wildman–Crippen MR) is 150 cm³/mol. The van der Waals surface area contributed by atoms with E-state index in [1.165, 1.54) is 46.8 Å². The Hall–Kier alpha value is -2.83. The number of nitrogens with zero attached hydrogens (tertiary/aromatic N) is 2. The first-order valence-electron chi connectivity index (χ1n) is 12.1. The van der Waals surface area contributed by atoms with Crippen LogP contribution in [0.5, 0.6) is 5.75 Å². The minimum absolute atomic E-state index is 0.00707. The van der Waals surface area contributed by atoms with Crippen LogP contribution in [-0.4, -0.2) is 59.8 Å². The van der Waals surface area contributed by atoms with E-state index in [-0.39, 0.29) is 38.7 Å². The molecule has 3 aromatic rings. The summed E-state index contributed by atoms with van der Waals surface area (Å²) >= 11 is 12.4. The summed E-state index contributed by atoms with van der Waals surface area (Å²) in [6, 6.07) is 18.1. The van der Waals surface area contributed by atoms with Gasteiger partial charge in [-0.05, 0) is 67.4 Å². The molecule has 9 nitrogen and oxygen atoms in total. The Morgan fingerprint density at radius 1 is 0.897 bits per heavy atom. The highest BCUT2D eigenvalue weighted by Crippen LogP contribution is 2.33. The molecule has 1 saturated heterocycles. The van der Waals surface area contributed by atoms with Crippen molar-refractivity contribution in [3.63, 3.8) is 0 Å². The molecule has 0 aliphatic carbocycles. The molecule has 0 atom stereocenters. The largest absolute Gasteiger partial charge is 0.492 e. The molecule has 1 amide bonds. The van der Waals surface area contributed by atoms with Crippen molar-refractivity contribution in [1.29, 1.82) is 0 Å². The van der Waals surface area contributed by atoms with Gasteiger partial charge in [0.25, 0.3) is 10.0 Å². The number of carbonyl (C=O) groups excluding carboxylic acids is 1. The number of amides is 1. The molecule has 1 fully saturated rings. The van der Waals surface area contributed by atoms with Gasteiger partial charge in [-0.2, -0.15) is 4.31 Å². The average Bonchev–Trinajstić information content (AvgIpc) is 3.48. The summed E-state index contributed by atoms with van der Waals surface area (Å²) in [5.74, 6) is -0.148. The Morgan fingerprint density at radius 3 is 2.23 bits per heavy atom. The Labute approximate surface area is 238 Å². The van der Waals surface area contributed by atoms with Gasteiger partial charge in [-0.1, -0.05) is 41.4 Å². The third kappa shape index (κ3) is 7.03. The van der Waals surface area contributed by atoms with Gasteiger partial charge in [-0.25, -0.2) is 16.8 Å². The van der Waals surface area contributed by atoms with Gasteiger partial charge in [0.2, 0.25) is 15.9 Å². The zero-order valence-electron chi connectivity index (χ0n) is 20.8. The van der Waals surface area contributed by atoms with Crippen LogP contribution in [0.4, 0.5) is 5.69 Å². The number of nitrogens with one attached hydrogen (secondary N) is 1. The number of sulfonamides is 2. The Balaban J connectivity index is 1.37. The fourth-order valence-electron chi connectivity index (χ4n) is 4.03. The summed E-state index contributed by atoms with van der Waals surface area (Å²) in [7, 11) is -7.65. The normalized spacial score (nSPS) is 14.2. The van der Waals surface area contributed by atoms with E-state index in [0.717, 1.165) is 17.1 Å². The monoisotopic (exact) mass is 611 g/mol. The fraction of sp³-hybridized carbons (Fsp3) is 0.269. The van der Waals surface area contributed by atoms with E-state index >= 15 is 0 Å². The van der Waals surface area contributed by atoms with Crippen LogP contribution in [0.25, 0.3) is 0 Å². The second-order valence-electron chi connectivity index (χ2n) is 8.70. The Morgan fingerprint density at radius 2 is 1.56 bits per heavy atom. The molecule has 0 saturated carbocycles. The molecule has 1 aliphatic heterocycles.